The van der Waals surface area contributed by atoms with Gasteiger partial charge in [-0.2, -0.15) is 0 Å². The van der Waals surface area contributed by atoms with Crippen LogP contribution in [0.1, 0.15) is 112 Å². The molecule has 9 atom stereocenters. The number of aliphatic hydroxyl groups is 1. The van der Waals surface area contributed by atoms with Gasteiger partial charge < -0.3 is 5.11 Å². The van der Waals surface area contributed by atoms with Crippen molar-refractivity contribution in [2.24, 2.45) is 46.3 Å². The topological polar surface area (TPSA) is 20.2 Å². The summed E-state index contributed by atoms with van der Waals surface area (Å²) >= 11 is 0. The fourth-order valence-corrected chi connectivity index (χ4v) is 8.46. The fraction of sp³-hybridized carbons (Fsp3) is 0.926. The summed E-state index contributed by atoms with van der Waals surface area (Å²) in [5.74, 6) is 1.90. The van der Waals surface area contributed by atoms with Gasteiger partial charge in [0, 0.05) is 6.85 Å². The lowest BCUT2D eigenvalue weighted by atomic mass is 9.47. The van der Waals surface area contributed by atoms with Gasteiger partial charge in [-0.3, -0.25) is 0 Å². The van der Waals surface area contributed by atoms with Gasteiger partial charge in [0.1, 0.15) is 0 Å². The number of allylic oxidation sites excluding steroid dienone is 1. The van der Waals surface area contributed by atoms with Crippen molar-refractivity contribution in [2.75, 3.05) is 0 Å². The third-order valence-corrected chi connectivity index (χ3v) is 9.98. The lowest BCUT2D eigenvalue weighted by molar-refractivity contribution is -0.0573. The molecule has 0 spiro atoms. The lowest BCUT2D eigenvalue weighted by Gasteiger charge is -2.58. The molecule has 4 rings (SSSR count). The van der Waals surface area contributed by atoms with Gasteiger partial charge in [0.15, 0.2) is 0 Å². The molecule has 1 heteroatoms. The van der Waals surface area contributed by atoms with Crippen LogP contribution >= 0.6 is 0 Å². The molecule has 1 unspecified atom stereocenters. The van der Waals surface area contributed by atoms with Gasteiger partial charge in [-0.05, 0) is 97.7 Å². The second-order valence-corrected chi connectivity index (χ2v) is 11.4. The van der Waals surface area contributed by atoms with E-state index in [1.165, 1.54) is 37.7 Å². The van der Waals surface area contributed by atoms with E-state index in [1.54, 1.807) is 0 Å². The molecule has 0 heterocycles. The van der Waals surface area contributed by atoms with Crippen molar-refractivity contribution in [2.45, 2.75) is 111 Å². The van der Waals surface area contributed by atoms with Crippen LogP contribution in [0, 0.1) is 46.3 Å². The molecule has 0 bridgehead atoms. The first-order chi connectivity index (χ1) is 15.4. The minimum atomic E-state index is -2.38. The Morgan fingerprint density at radius 3 is 2.82 bits per heavy atom. The molecule has 0 aromatic heterocycles. The maximum absolute atomic E-state index is 10.2. The average molecular weight is 392 g/mol. The molecule has 3 saturated carbocycles. The minimum Gasteiger partial charge on any atom is -0.393 e. The van der Waals surface area contributed by atoms with Crippen LogP contribution in [0.5, 0.6) is 0 Å². The van der Waals surface area contributed by atoms with Crippen LogP contribution in [0.3, 0.4) is 0 Å². The van der Waals surface area contributed by atoms with E-state index in [0.29, 0.717) is 23.7 Å². The van der Waals surface area contributed by atoms with Gasteiger partial charge in [-0.25, -0.2) is 0 Å². The van der Waals surface area contributed by atoms with E-state index in [-0.39, 0.29) is 18.4 Å². The number of rotatable bonds is 5. The molecule has 4 aliphatic rings. The minimum absolute atomic E-state index is 0.144. The summed E-state index contributed by atoms with van der Waals surface area (Å²) in [6, 6.07) is 0. The van der Waals surface area contributed by atoms with Crippen LogP contribution in [0.25, 0.3) is 0 Å². The first-order valence-corrected chi connectivity index (χ1v) is 12.0. The van der Waals surface area contributed by atoms with Gasteiger partial charge in [0.05, 0.1) is 6.10 Å². The predicted molar refractivity (Wildman–Crippen MR) is 119 cm³/mol. The van der Waals surface area contributed by atoms with Gasteiger partial charge in [-0.1, -0.05) is 65.4 Å². The van der Waals surface area contributed by atoms with Crippen molar-refractivity contribution in [3.05, 3.63) is 11.6 Å². The normalized spacial score (nSPS) is 51.6. The Labute approximate surface area is 181 Å². The highest BCUT2D eigenvalue weighted by Crippen LogP contribution is 2.67. The van der Waals surface area contributed by atoms with Crippen molar-refractivity contribution in [1.82, 2.24) is 0 Å². The first kappa shape index (κ1) is 15.5. The van der Waals surface area contributed by atoms with Crippen molar-refractivity contribution < 1.29 is 12.0 Å². The van der Waals surface area contributed by atoms with Gasteiger partial charge in [0.2, 0.25) is 0 Å². The van der Waals surface area contributed by atoms with E-state index in [1.807, 2.05) is 0 Å². The smallest absolute Gasteiger partial charge is 0.0577 e. The second-order valence-electron chi connectivity index (χ2n) is 11.4. The standard InChI is InChI=1S/C27H46O/c1-18(2)7-6-8-19(3)23-11-12-24-22-10-9-20-17-21(28)13-15-26(20,4)25(22)14-16-27(23,24)5/h9,18-19,21-25,28H,6-8,10-17H2,1-5H3/t19-,21+,22+,23-,24+,25+,26+,27-/m1/s1/i1D,2D3,18D/t18?,19-,21+,22+,23-,24+,25+,26+,27-. The Morgan fingerprint density at radius 2 is 2.04 bits per heavy atom. The van der Waals surface area contributed by atoms with Crippen molar-refractivity contribution in [3.8, 4) is 0 Å². The van der Waals surface area contributed by atoms with Crippen molar-refractivity contribution in [3.63, 3.8) is 0 Å². The zero-order valence-corrected chi connectivity index (χ0v) is 18.5. The highest BCUT2D eigenvalue weighted by atomic mass is 16.3. The van der Waals surface area contributed by atoms with Gasteiger partial charge in [0.25, 0.3) is 0 Å². The zero-order chi connectivity index (χ0) is 24.2. The first-order valence-electron chi connectivity index (χ1n) is 14.7. The van der Waals surface area contributed by atoms with Crippen molar-refractivity contribution >= 4 is 0 Å². The fourth-order valence-electron chi connectivity index (χ4n) is 8.46. The number of hydrogen-bond donors (Lipinski definition) is 1. The van der Waals surface area contributed by atoms with E-state index >= 15 is 0 Å². The summed E-state index contributed by atoms with van der Waals surface area (Å²) in [7, 11) is 0. The van der Waals surface area contributed by atoms with Gasteiger partial charge >= 0.3 is 0 Å². The largest absolute Gasteiger partial charge is 0.393 e. The van der Waals surface area contributed by atoms with E-state index in [2.05, 4.69) is 26.8 Å². The summed E-state index contributed by atoms with van der Waals surface area (Å²) in [4.78, 5) is 0. The third kappa shape index (κ3) is 3.42. The van der Waals surface area contributed by atoms with E-state index in [9.17, 15) is 5.11 Å². The molecule has 0 aromatic carbocycles. The summed E-state index contributed by atoms with van der Waals surface area (Å²) in [6.45, 7) is 4.67. The summed E-state index contributed by atoms with van der Waals surface area (Å²) < 4.78 is 38.9. The highest BCUT2D eigenvalue weighted by molar-refractivity contribution is 5.25. The molecular weight excluding hydrogens is 340 g/mol. The Bertz CT molecular complexity index is 749. The molecular formula is C27H46O. The second kappa shape index (κ2) is 7.75. The summed E-state index contributed by atoms with van der Waals surface area (Å²) in [6.07, 6.45) is 13.7. The maximum Gasteiger partial charge on any atom is 0.0577 e. The van der Waals surface area contributed by atoms with Crippen LogP contribution in [0.15, 0.2) is 11.6 Å². The molecule has 1 nitrogen and oxygen atoms in total. The van der Waals surface area contributed by atoms with Crippen LogP contribution in [-0.2, 0) is 0 Å². The molecule has 1 N–H and O–H groups in total. The van der Waals surface area contributed by atoms with Gasteiger partial charge in [-0.15, -0.1) is 0 Å². The molecule has 0 aliphatic heterocycles. The van der Waals surface area contributed by atoms with E-state index in [4.69, 9.17) is 6.85 Å². The lowest BCUT2D eigenvalue weighted by Crippen LogP contribution is -2.50. The SMILES string of the molecule is [2H]CC([2H])(CCC[C@@H](C)[C@H]1CC[C@H]2[C@@H]3CC=C4C[C@@H](O)CC[C@]4(C)[C@H]3CC[C@]12C)C([2H])([2H])[2H]. The van der Waals surface area contributed by atoms with Crippen LogP contribution in [-0.4, -0.2) is 11.2 Å². The Balaban J connectivity index is 1.42. The molecule has 0 saturated heterocycles. The van der Waals surface area contributed by atoms with Crippen LogP contribution in [0.4, 0.5) is 0 Å². The third-order valence-electron chi connectivity index (χ3n) is 9.98. The monoisotopic (exact) mass is 391 g/mol. The molecule has 0 amide bonds. The molecule has 4 aliphatic carbocycles. The van der Waals surface area contributed by atoms with Crippen LogP contribution < -0.4 is 0 Å². The highest BCUT2D eigenvalue weighted by Gasteiger charge is 2.59. The molecule has 0 aromatic rings. The Kier molecular flexibility index (Phi) is 4.29. The summed E-state index contributed by atoms with van der Waals surface area (Å²) in [5, 5.41) is 10.2. The number of fused-ring (bicyclic) bond motifs is 5. The van der Waals surface area contributed by atoms with Crippen LogP contribution in [0.2, 0.25) is 0 Å². The quantitative estimate of drug-likeness (QED) is 0.484. The molecule has 3 fully saturated rings. The summed E-state index contributed by atoms with van der Waals surface area (Å²) in [5.41, 5.74) is 2.20. The zero-order valence-electron chi connectivity index (χ0n) is 23.5. The molecule has 0 radical (unpaired) electrons. The maximum atomic E-state index is 10.2. The predicted octanol–water partition coefficient (Wildman–Crippen LogP) is 7.39. The molecule has 160 valence electrons. The van der Waals surface area contributed by atoms with Crippen molar-refractivity contribution in [1.29, 1.82) is 0 Å². The Hall–Kier alpha value is -0.300. The van der Waals surface area contributed by atoms with E-state index < -0.39 is 12.7 Å². The average Bonchev–Trinajstić information content (AvgIpc) is 3.10. The Morgan fingerprint density at radius 1 is 1.18 bits per heavy atom. The number of hydrogen-bond acceptors (Lipinski definition) is 1. The molecule has 28 heavy (non-hydrogen) atoms. The number of aliphatic hydroxyl groups excluding tert-OH is 1. The van der Waals surface area contributed by atoms with E-state index in [0.717, 1.165) is 49.9 Å².